The molecule has 0 unspecified atom stereocenters. The monoisotopic (exact) mass is 459 g/mol. The Morgan fingerprint density at radius 1 is 1.10 bits per heavy atom. The molecule has 1 aromatic carbocycles. The summed E-state index contributed by atoms with van der Waals surface area (Å²) in [7, 11) is 0. The van der Waals surface area contributed by atoms with Gasteiger partial charge in [0.1, 0.15) is 11.2 Å². The quantitative estimate of drug-likeness (QED) is 0.442. The zero-order valence-corrected chi connectivity index (χ0v) is 17.4. The molecule has 0 radical (unpaired) electrons. The second kappa shape index (κ2) is 7.46. The van der Waals surface area contributed by atoms with E-state index in [1.54, 1.807) is 0 Å². The van der Waals surface area contributed by atoms with E-state index in [1.165, 1.54) is 16.8 Å². The van der Waals surface area contributed by atoms with Crippen LogP contribution in [-0.2, 0) is 0 Å². The van der Waals surface area contributed by atoms with Crippen LogP contribution in [0.3, 0.4) is 0 Å². The zero-order chi connectivity index (χ0) is 22.4. The van der Waals surface area contributed by atoms with Crippen LogP contribution in [0.2, 0.25) is 10.0 Å². The molecule has 0 saturated carbocycles. The molecular weight excluding hydrogens is 449 g/mol. The maximum atomic E-state index is 12.1. The molecule has 0 aliphatic carbocycles. The molecule has 0 atom stereocenters. The molecule has 4 rings (SSSR count). The number of nitrogens with zero attached hydrogens (tertiary/aromatic N) is 7. The first-order chi connectivity index (χ1) is 14.7. The van der Waals surface area contributed by atoms with Crippen LogP contribution in [0.25, 0.3) is 27.4 Å². The fraction of sp³-hybridized carbons (Fsp3) is 0.176. The molecule has 3 aromatic heterocycles. The summed E-state index contributed by atoms with van der Waals surface area (Å²) in [6.45, 7) is 10.7. The van der Waals surface area contributed by atoms with Gasteiger partial charge >= 0.3 is 11.5 Å². The molecule has 0 aliphatic heterocycles. The molecule has 3 heterocycles. The molecule has 0 spiro atoms. The molecule has 0 bridgehead atoms. The number of halogens is 2. The summed E-state index contributed by atoms with van der Waals surface area (Å²) < 4.78 is 2.06. The molecule has 4 aromatic rings. The number of aromatic nitrogens is 8. The minimum absolute atomic E-state index is 0.0534. The van der Waals surface area contributed by atoms with Crippen molar-refractivity contribution in [3.8, 4) is 11.4 Å². The van der Waals surface area contributed by atoms with Crippen molar-refractivity contribution in [2.45, 2.75) is 19.8 Å². The number of fused-ring (bicyclic) bond motifs is 1. The van der Waals surface area contributed by atoms with Crippen molar-refractivity contribution in [3.63, 3.8) is 0 Å². The van der Waals surface area contributed by atoms with Crippen LogP contribution in [0, 0.1) is 6.57 Å². The van der Waals surface area contributed by atoms with E-state index in [9.17, 15) is 14.4 Å². The Hall–Kier alpha value is -3.82. The number of hydrogen-bond acceptors (Lipinski definition) is 7. The van der Waals surface area contributed by atoms with Gasteiger partial charge in [0.15, 0.2) is 0 Å². The Balaban J connectivity index is 1.94. The fourth-order valence-electron chi connectivity index (χ4n) is 3.03. The second-order valence-electron chi connectivity index (χ2n) is 6.66. The standard InChI is InChI=1S/C17H11Cl2N9O3/c1-6(2)10-11-14(23-24-15(10)29)28(26-22-11)12-8(18)4-7(5-9(12)19)27-17(31)21-16(30)13(20-3)25-27/h4-6H,1-2H3,(H,24,29)(H,21,30,31). The smallest absolute Gasteiger partial charge is 0.354 e. The molecule has 2 N–H and O–H groups in total. The van der Waals surface area contributed by atoms with Crippen molar-refractivity contribution < 1.29 is 0 Å². The van der Waals surface area contributed by atoms with Gasteiger partial charge in [0.25, 0.3) is 11.1 Å². The van der Waals surface area contributed by atoms with Gasteiger partial charge in [-0.25, -0.2) is 9.89 Å². The van der Waals surface area contributed by atoms with Gasteiger partial charge in [-0.1, -0.05) is 48.8 Å². The van der Waals surface area contributed by atoms with Crippen molar-refractivity contribution in [3.05, 3.63) is 70.4 Å². The Morgan fingerprint density at radius 2 is 1.77 bits per heavy atom. The number of H-pyrrole nitrogens is 2. The molecular formula is C17H11Cl2N9O3. The summed E-state index contributed by atoms with van der Waals surface area (Å²) in [5.41, 5.74) is -0.892. The van der Waals surface area contributed by atoms with Crippen molar-refractivity contribution >= 4 is 40.2 Å². The highest BCUT2D eigenvalue weighted by Crippen LogP contribution is 2.32. The normalized spacial score (nSPS) is 11.2. The Morgan fingerprint density at radius 3 is 2.39 bits per heavy atom. The van der Waals surface area contributed by atoms with Gasteiger partial charge in [-0.15, -0.1) is 9.78 Å². The number of aromatic amines is 2. The largest absolute Gasteiger partial charge is 0.365 e. The second-order valence-corrected chi connectivity index (χ2v) is 7.47. The summed E-state index contributed by atoms with van der Waals surface area (Å²) in [6, 6.07) is 2.71. The van der Waals surface area contributed by atoms with E-state index in [2.05, 4.69) is 30.5 Å². The third kappa shape index (κ3) is 3.29. The van der Waals surface area contributed by atoms with Gasteiger partial charge in [-0.2, -0.15) is 9.78 Å². The maximum absolute atomic E-state index is 12.1. The fourth-order valence-corrected chi connectivity index (χ4v) is 3.66. The molecule has 156 valence electrons. The lowest BCUT2D eigenvalue weighted by Crippen LogP contribution is -2.30. The molecule has 0 saturated heterocycles. The molecule has 14 heteroatoms. The van der Waals surface area contributed by atoms with Crippen LogP contribution in [-0.4, -0.2) is 40.0 Å². The minimum Gasteiger partial charge on any atom is -0.354 e. The van der Waals surface area contributed by atoms with Gasteiger partial charge < -0.3 is 4.85 Å². The summed E-state index contributed by atoms with van der Waals surface area (Å²) in [4.78, 5) is 40.8. The van der Waals surface area contributed by atoms with Crippen LogP contribution in [0.5, 0.6) is 0 Å². The van der Waals surface area contributed by atoms with Gasteiger partial charge in [-0.05, 0) is 23.1 Å². The van der Waals surface area contributed by atoms with Crippen molar-refractivity contribution in [1.82, 2.24) is 40.0 Å². The van der Waals surface area contributed by atoms with Crippen molar-refractivity contribution in [1.29, 1.82) is 0 Å². The molecule has 31 heavy (non-hydrogen) atoms. The van der Waals surface area contributed by atoms with Gasteiger partial charge in [0.2, 0.25) is 5.65 Å². The zero-order valence-electron chi connectivity index (χ0n) is 15.8. The molecule has 12 nitrogen and oxygen atoms in total. The summed E-state index contributed by atoms with van der Waals surface area (Å²) >= 11 is 12.8. The van der Waals surface area contributed by atoms with Crippen LogP contribution < -0.4 is 16.8 Å². The molecule has 0 aliphatic rings. The lowest BCUT2D eigenvalue weighted by atomic mass is 10.1. The lowest BCUT2D eigenvalue weighted by molar-refractivity contribution is 0.759. The van der Waals surface area contributed by atoms with E-state index in [0.29, 0.717) is 11.1 Å². The highest BCUT2D eigenvalue weighted by atomic mass is 35.5. The van der Waals surface area contributed by atoms with E-state index in [1.807, 2.05) is 18.8 Å². The van der Waals surface area contributed by atoms with Gasteiger partial charge in [0.05, 0.1) is 21.3 Å². The highest BCUT2D eigenvalue weighted by molar-refractivity contribution is 6.38. The van der Waals surface area contributed by atoms with Crippen LogP contribution in [0.1, 0.15) is 25.3 Å². The number of rotatable bonds is 3. The summed E-state index contributed by atoms with van der Waals surface area (Å²) in [5.74, 6) is -0.657. The van der Waals surface area contributed by atoms with Crippen LogP contribution in [0.4, 0.5) is 5.82 Å². The molecule has 0 amide bonds. The van der Waals surface area contributed by atoms with Crippen LogP contribution in [0.15, 0.2) is 26.5 Å². The third-order valence-electron chi connectivity index (χ3n) is 4.36. The first kappa shape index (κ1) is 20.5. The van der Waals surface area contributed by atoms with Gasteiger partial charge in [-0.3, -0.25) is 14.6 Å². The third-order valence-corrected chi connectivity index (χ3v) is 4.94. The predicted molar refractivity (Wildman–Crippen MR) is 112 cm³/mol. The minimum atomic E-state index is -0.903. The molecule has 0 fully saturated rings. The maximum Gasteiger partial charge on any atom is 0.365 e. The van der Waals surface area contributed by atoms with Crippen molar-refractivity contribution in [2.75, 3.05) is 0 Å². The average Bonchev–Trinajstić information content (AvgIpc) is 3.10. The lowest BCUT2D eigenvalue weighted by Gasteiger charge is -2.10. The van der Waals surface area contributed by atoms with Crippen molar-refractivity contribution in [2.24, 2.45) is 0 Å². The van der Waals surface area contributed by atoms with E-state index in [-0.39, 0.29) is 38.5 Å². The topological polar surface area (TPSA) is 149 Å². The Kier molecular flexibility index (Phi) is 4.92. The Bertz CT molecular complexity index is 1550. The summed E-state index contributed by atoms with van der Waals surface area (Å²) in [5, 5.41) is 18.4. The number of nitrogens with one attached hydrogen (secondary N) is 2. The van der Waals surface area contributed by atoms with E-state index in [4.69, 9.17) is 29.8 Å². The van der Waals surface area contributed by atoms with E-state index < -0.39 is 17.1 Å². The van der Waals surface area contributed by atoms with Crippen LogP contribution >= 0.6 is 23.2 Å². The average molecular weight is 460 g/mol. The number of hydrogen-bond donors (Lipinski definition) is 2. The first-order valence-electron chi connectivity index (χ1n) is 8.67. The van der Waals surface area contributed by atoms with E-state index in [0.717, 1.165) is 4.68 Å². The SMILES string of the molecule is [C-]#[N+]c1nn(-c2cc(Cl)c(-n3nnc4c(C(C)C)c(=O)[nH]nc43)c(Cl)c2)c(=O)[nH]c1=O. The summed E-state index contributed by atoms with van der Waals surface area (Å²) in [6.07, 6.45) is 0. The van der Waals surface area contributed by atoms with Gasteiger partial charge in [0, 0.05) is 0 Å². The number of benzene rings is 1. The predicted octanol–water partition coefficient (Wildman–Crippen LogP) is 1.72. The van der Waals surface area contributed by atoms with E-state index >= 15 is 0 Å². The Labute approximate surface area is 181 Å². The highest BCUT2D eigenvalue weighted by Gasteiger charge is 2.22. The first-order valence-corrected chi connectivity index (χ1v) is 9.43.